The predicted molar refractivity (Wildman–Crippen MR) is 108 cm³/mol. The van der Waals surface area contributed by atoms with E-state index in [1.54, 1.807) is 0 Å². The van der Waals surface area contributed by atoms with Gasteiger partial charge in [0, 0.05) is 5.92 Å². The standard InChI is InChI=1S/C22H42O4.Mg/c1-3-5-7-8-9-10-11-12-13-15-17-19(16-14-6-4-2)18-20(21(23)24)22(25)26;/h19-20H,3-18H2,1-2H3,(H,23,24)(H,25,26);/q;+2/p-2. The van der Waals surface area contributed by atoms with Crippen molar-refractivity contribution < 1.29 is 19.8 Å². The van der Waals surface area contributed by atoms with Crippen molar-refractivity contribution in [3.8, 4) is 0 Å². The molecule has 0 aromatic carbocycles. The van der Waals surface area contributed by atoms with Crippen LogP contribution in [0.1, 0.15) is 117 Å². The van der Waals surface area contributed by atoms with Crippen molar-refractivity contribution in [1.29, 1.82) is 0 Å². The van der Waals surface area contributed by atoms with Crippen molar-refractivity contribution in [3.63, 3.8) is 0 Å². The van der Waals surface area contributed by atoms with E-state index in [9.17, 15) is 19.8 Å². The van der Waals surface area contributed by atoms with Crippen molar-refractivity contribution in [1.82, 2.24) is 0 Å². The average Bonchev–Trinajstić information content (AvgIpc) is 2.60. The Labute approximate surface area is 183 Å². The SMILES string of the molecule is CCCCCCCCCCCCC(CCCCC)CC(C(=O)[O-])C(=O)[O-].[Mg+2]. The van der Waals surface area contributed by atoms with Crippen LogP contribution in [0.25, 0.3) is 0 Å². The second-order valence-corrected chi connectivity index (χ2v) is 7.76. The van der Waals surface area contributed by atoms with Crippen LogP contribution in [0, 0.1) is 11.8 Å². The van der Waals surface area contributed by atoms with Crippen LogP contribution in [0.2, 0.25) is 0 Å². The largest absolute Gasteiger partial charge is 2.00 e. The maximum Gasteiger partial charge on any atom is 2.00 e. The Morgan fingerprint density at radius 3 is 1.37 bits per heavy atom. The Hall–Kier alpha value is -0.294. The molecule has 1 unspecified atom stereocenters. The summed E-state index contributed by atoms with van der Waals surface area (Å²) in [7, 11) is 0. The molecule has 4 nitrogen and oxygen atoms in total. The summed E-state index contributed by atoms with van der Waals surface area (Å²) in [6, 6.07) is 0. The van der Waals surface area contributed by atoms with E-state index in [4.69, 9.17) is 0 Å². The Morgan fingerprint density at radius 1 is 0.630 bits per heavy atom. The molecule has 0 saturated carbocycles. The minimum atomic E-state index is -1.51. The van der Waals surface area contributed by atoms with Gasteiger partial charge in [0.15, 0.2) is 0 Å². The van der Waals surface area contributed by atoms with Crippen LogP contribution < -0.4 is 10.2 Å². The molecule has 0 bridgehead atoms. The van der Waals surface area contributed by atoms with E-state index in [-0.39, 0.29) is 35.4 Å². The van der Waals surface area contributed by atoms with Gasteiger partial charge in [-0.2, -0.15) is 0 Å². The molecule has 0 amide bonds. The van der Waals surface area contributed by atoms with E-state index >= 15 is 0 Å². The number of hydrogen-bond acceptors (Lipinski definition) is 4. The molecule has 27 heavy (non-hydrogen) atoms. The third-order valence-corrected chi connectivity index (χ3v) is 5.32. The van der Waals surface area contributed by atoms with Crippen LogP contribution >= 0.6 is 0 Å². The van der Waals surface area contributed by atoms with Gasteiger partial charge >= 0.3 is 23.1 Å². The molecular formula is C22H40MgO4. The number of hydrogen-bond donors (Lipinski definition) is 0. The molecule has 0 aliphatic carbocycles. The molecular weight excluding hydrogens is 353 g/mol. The number of rotatable bonds is 19. The Balaban J connectivity index is 0. The van der Waals surface area contributed by atoms with Gasteiger partial charge in [-0.1, -0.05) is 110 Å². The van der Waals surface area contributed by atoms with Crippen molar-refractivity contribution in [2.75, 3.05) is 0 Å². The minimum Gasteiger partial charge on any atom is -0.549 e. The van der Waals surface area contributed by atoms with Crippen LogP contribution in [-0.4, -0.2) is 35.0 Å². The van der Waals surface area contributed by atoms with Gasteiger partial charge in [-0.25, -0.2) is 0 Å². The fourth-order valence-electron chi connectivity index (χ4n) is 3.61. The summed E-state index contributed by atoms with van der Waals surface area (Å²) in [5.74, 6) is -4.33. The quantitative estimate of drug-likeness (QED) is 0.191. The van der Waals surface area contributed by atoms with Crippen LogP contribution in [0.4, 0.5) is 0 Å². The fraction of sp³-hybridized carbons (Fsp3) is 0.909. The van der Waals surface area contributed by atoms with Gasteiger partial charge in [0.1, 0.15) is 0 Å². The average molecular weight is 393 g/mol. The first-order valence-electron chi connectivity index (χ1n) is 10.9. The fourth-order valence-corrected chi connectivity index (χ4v) is 3.61. The number of carboxylic acids is 2. The first-order valence-corrected chi connectivity index (χ1v) is 10.9. The molecule has 1 atom stereocenters. The van der Waals surface area contributed by atoms with Gasteiger partial charge in [-0.05, 0) is 12.3 Å². The topological polar surface area (TPSA) is 80.3 Å². The van der Waals surface area contributed by atoms with Crippen molar-refractivity contribution >= 4 is 35.0 Å². The molecule has 0 fully saturated rings. The first-order chi connectivity index (χ1) is 12.5. The van der Waals surface area contributed by atoms with Gasteiger partial charge in [0.25, 0.3) is 0 Å². The van der Waals surface area contributed by atoms with Gasteiger partial charge < -0.3 is 19.8 Å². The molecule has 0 N–H and O–H groups in total. The van der Waals surface area contributed by atoms with Crippen molar-refractivity contribution in [2.45, 2.75) is 117 Å². The maximum atomic E-state index is 11.0. The maximum absolute atomic E-state index is 11.0. The van der Waals surface area contributed by atoms with E-state index in [1.165, 1.54) is 51.4 Å². The zero-order valence-electron chi connectivity index (χ0n) is 17.8. The summed E-state index contributed by atoms with van der Waals surface area (Å²) < 4.78 is 0. The van der Waals surface area contributed by atoms with Crippen LogP contribution in [0.3, 0.4) is 0 Å². The molecule has 0 rings (SSSR count). The predicted octanol–water partition coefficient (Wildman–Crippen LogP) is 3.62. The van der Waals surface area contributed by atoms with E-state index in [2.05, 4.69) is 13.8 Å². The molecule has 154 valence electrons. The van der Waals surface area contributed by atoms with Gasteiger partial charge in [0.05, 0.1) is 11.9 Å². The number of carboxylic acid groups (broad SMARTS) is 2. The minimum absolute atomic E-state index is 0. The molecule has 0 aliphatic heterocycles. The first kappa shape index (κ1) is 28.9. The van der Waals surface area contributed by atoms with E-state index in [0.29, 0.717) is 0 Å². The molecule has 0 spiro atoms. The molecule has 0 aromatic heterocycles. The zero-order valence-corrected chi connectivity index (χ0v) is 19.2. The van der Waals surface area contributed by atoms with Crippen LogP contribution in [-0.2, 0) is 9.59 Å². The zero-order chi connectivity index (χ0) is 19.6. The van der Waals surface area contributed by atoms with E-state index in [1.807, 2.05) is 0 Å². The second-order valence-electron chi connectivity index (χ2n) is 7.76. The molecule has 5 heteroatoms. The van der Waals surface area contributed by atoms with Gasteiger partial charge in [-0.15, -0.1) is 0 Å². The second kappa shape index (κ2) is 20.4. The molecule has 0 saturated heterocycles. The monoisotopic (exact) mass is 392 g/mol. The third-order valence-electron chi connectivity index (χ3n) is 5.32. The molecule has 0 aliphatic rings. The van der Waals surface area contributed by atoms with Crippen molar-refractivity contribution in [3.05, 3.63) is 0 Å². The number of carbonyl (C=O) groups excluding carboxylic acids is 2. The molecule has 0 aromatic rings. The number of unbranched alkanes of at least 4 members (excludes halogenated alkanes) is 11. The molecule has 0 radical (unpaired) electrons. The summed E-state index contributed by atoms with van der Waals surface area (Å²) in [6.07, 6.45) is 17.9. The normalized spacial score (nSPS) is 12.0. The van der Waals surface area contributed by atoms with Crippen LogP contribution in [0.15, 0.2) is 0 Å². The van der Waals surface area contributed by atoms with Crippen molar-refractivity contribution in [2.24, 2.45) is 11.8 Å². The third kappa shape index (κ3) is 17.5. The summed E-state index contributed by atoms with van der Waals surface area (Å²) in [6.45, 7) is 4.36. The molecule has 0 heterocycles. The smallest absolute Gasteiger partial charge is 0.549 e. The van der Waals surface area contributed by atoms with E-state index in [0.717, 1.165) is 44.9 Å². The summed E-state index contributed by atoms with van der Waals surface area (Å²) in [4.78, 5) is 22.0. The van der Waals surface area contributed by atoms with Crippen LogP contribution in [0.5, 0.6) is 0 Å². The van der Waals surface area contributed by atoms with E-state index < -0.39 is 17.9 Å². The summed E-state index contributed by atoms with van der Waals surface area (Å²) in [5, 5.41) is 22.0. The Bertz CT molecular complexity index is 346. The summed E-state index contributed by atoms with van der Waals surface area (Å²) >= 11 is 0. The van der Waals surface area contributed by atoms with Gasteiger partial charge in [0.2, 0.25) is 0 Å². The number of aliphatic carboxylic acids is 2. The Morgan fingerprint density at radius 2 is 0.963 bits per heavy atom. The number of carbonyl (C=O) groups is 2. The van der Waals surface area contributed by atoms with Gasteiger partial charge in [-0.3, -0.25) is 0 Å². The summed E-state index contributed by atoms with van der Waals surface area (Å²) in [5.41, 5.74) is 0. The Kier molecular flexibility index (Phi) is 21.9.